The lowest BCUT2D eigenvalue weighted by atomic mass is 9.81. The van der Waals surface area contributed by atoms with Crippen molar-refractivity contribution in [1.82, 2.24) is 25.0 Å². The number of ether oxygens (including phenoxy) is 2. The molecule has 1 atom stereocenters. The molecular weight excluding hydrogens is 693 g/mol. The number of piperidine rings is 1. The van der Waals surface area contributed by atoms with Crippen LogP contribution in [-0.2, 0) is 29.6 Å². The Morgan fingerprint density at radius 1 is 1.13 bits per heavy atom. The molecule has 5 rings (SSSR count). The molecule has 15 heteroatoms. The maximum absolute atomic E-state index is 13.9. The third kappa shape index (κ3) is 8.72. The molecule has 0 bridgehead atoms. The number of nitrogens with zero attached hydrogens (tertiary/aromatic N) is 4. The van der Waals surface area contributed by atoms with Crippen molar-refractivity contribution in [3.63, 3.8) is 0 Å². The summed E-state index contributed by atoms with van der Waals surface area (Å²) in [5.41, 5.74) is -0.533. The molecule has 1 N–H and O–H groups in total. The van der Waals surface area contributed by atoms with Crippen molar-refractivity contribution in [1.29, 1.82) is 0 Å². The molecule has 1 aromatic carbocycles. The minimum absolute atomic E-state index is 0.223. The van der Waals surface area contributed by atoms with Crippen LogP contribution in [0.5, 0.6) is 5.75 Å². The number of carbonyl (C=O) groups excluding carboxylic acids is 2. The summed E-state index contributed by atoms with van der Waals surface area (Å²) in [6.07, 6.45) is 4.70. The number of phosphoric ester groups is 1. The van der Waals surface area contributed by atoms with Gasteiger partial charge in [0.15, 0.2) is 6.73 Å². The second-order valence-electron chi connectivity index (χ2n) is 13.8. The normalized spacial score (nSPS) is 18.1. The van der Waals surface area contributed by atoms with Gasteiger partial charge in [-0.3, -0.25) is 18.4 Å². The maximum Gasteiger partial charge on any atom is 0.477 e. The molecule has 256 valence electrons. The van der Waals surface area contributed by atoms with E-state index < -0.39 is 30.7 Å². The van der Waals surface area contributed by atoms with Crippen LogP contribution in [0.3, 0.4) is 0 Å². The third-order valence-electron chi connectivity index (χ3n) is 7.60. The summed E-state index contributed by atoms with van der Waals surface area (Å²) in [6.45, 7) is 13.4. The van der Waals surface area contributed by atoms with E-state index in [-0.39, 0.29) is 18.7 Å². The molecule has 0 radical (unpaired) electrons. The van der Waals surface area contributed by atoms with Crippen LogP contribution >= 0.6 is 23.8 Å². The predicted molar refractivity (Wildman–Crippen MR) is 178 cm³/mol. The minimum atomic E-state index is -3.98. The Morgan fingerprint density at radius 2 is 1.81 bits per heavy atom. The highest BCUT2D eigenvalue weighted by Gasteiger charge is 2.45. The molecule has 13 nitrogen and oxygen atoms in total. The van der Waals surface area contributed by atoms with Crippen LogP contribution in [0.15, 0.2) is 41.3 Å². The quantitative estimate of drug-likeness (QED) is 0.187. The standard InChI is InChI=1S/C32H43BrN5O8P/c1-8-42-29(40)37-14-12-32(13-15-37)17-24(23-16-26(33)34-18-25(23)44-32)35-28(39)22-11-9-10-21-19-38(36-27(21)22)20-43-47(41,45-30(2,3)4)46-31(5,6)7/h9-11,16,18-19,24H,8,12-15,17,20H2,1-7H3,(H,35,39)/t24-/m0/s1. The average Bonchev–Trinajstić information content (AvgIpc) is 3.38. The van der Waals surface area contributed by atoms with Crippen molar-refractivity contribution >= 4 is 46.7 Å². The van der Waals surface area contributed by atoms with Crippen molar-refractivity contribution in [3.8, 4) is 5.75 Å². The zero-order valence-corrected chi connectivity index (χ0v) is 30.4. The number of hydrogen-bond donors (Lipinski definition) is 1. The Labute approximate surface area is 283 Å². The molecule has 2 amide bonds. The summed E-state index contributed by atoms with van der Waals surface area (Å²) in [4.78, 5) is 32.3. The third-order valence-corrected chi connectivity index (χ3v) is 10.0. The topological polar surface area (TPSA) is 143 Å². The van der Waals surface area contributed by atoms with Gasteiger partial charge >= 0.3 is 13.9 Å². The number of phosphoric acid groups is 1. The summed E-state index contributed by atoms with van der Waals surface area (Å²) in [7, 11) is -3.98. The molecule has 1 saturated heterocycles. The highest BCUT2D eigenvalue weighted by molar-refractivity contribution is 9.10. The fraction of sp³-hybridized carbons (Fsp3) is 0.562. The van der Waals surface area contributed by atoms with E-state index in [1.807, 2.05) is 12.1 Å². The van der Waals surface area contributed by atoms with Gasteiger partial charge in [0.25, 0.3) is 5.91 Å². The lowest BCUT2D eigenvalue weighted by Crippen LogP contribution is -2.53. The summed E-state index contributed by atoms with van der Waals surface area (Å²) < 4.78 is 44.5. The molecule has 2 aliphatic heterocycles. The molecule has 2 aliphatic rings. The smallest absolute Gasteiger partial charge is 0.477 e. The highest BCUT2D eigenvalue weighted by atomic mass is 79.9. The first-order valence-electron chi connectivity index (χ1n) is 15.7. The monoisotopic (exact) mass is 735 g/mol. The molecule has 3 aromatic rings. The molecule has 0 aliphatic carbocycles. The number of likely N-dealkylation sites (tertiary alicyclic amines) is 1. The van der Waals surface area contributed by atoms with Crippen molar-refractivity contribution in [3.05, 3.63) is 52.4 Å². The Bertz CT molecular complexity index is 1660. The van der Waals surface area contributed by atoms with Crippen LogP contribution in [-0.4, -0.2) is 68.2 Å². The van der Waals surface area contributed by atoms with Gasteiger partial charge in [0.05, 0.1) is 35.6 Å². The largest absolute Gasteiger partial charge is 0.485 e. The van der Waals surface area contributed by atoms with E-state index in [1.54, 1.807) is 77.9 Å². The zero-order chi connectivity index (χ0) is 34.2. The molecule has 1 spiro atoms. The molecule has 1 fully saturated rings. The number of amides is 2. The molecule has 0 saturated carbocycles. The zero-order valence-electron chi connectivity index (χ0n) is 27.9. The van der Waals surface area contributed by atoms with Gasteiger partial charge in [-0.15, -0.1) is 0 Å². The summed E-state index contributed by atoms with van der Waals surface area (Å²) >= 11 is 3.45. The fourth-order valence-electron chi connectivity index (χ4n) is 5.74. The van der Waals surface area contributed by atoms with Crippen LogP contribution in [0.1, 0.15) is 89.7 Å². The van der Waals surface area contributed by atoms with Crippen molar-refractivity contribution in [2.45, 2.75) is 97.3 Å². The number of aromatic nitrogens is 3. The van der Waals surface area contributed by atoms with Gasteiger partial charge in [0.1, 0.15) is 21.5 Å². The number of hydrogen-bond acceptors (Lipinski definition) is 10. The molecule has 47 heavy (non-hydrogen) atoms. The van der Waals surface area contributed by atoms with Crippen molar-refractivity contribution < 1.29 is 37.2 Å². The van der Waals surface area contributed by atoms with Crippen molar-refractivity contribution in [2.24, 2.45) is 0 Å². The molecule has 2 aromatic heterocycles. The summed E-state index contributed by atoms with van der Waals surface area (Å²) in [6, 6.07) is 6.79. The van der Waals surface area contributed by atoms with E-state index in [9.17, 15) is 14.2 Å². The van der Waals surface area contributed by atoms with Crippen molar-refractivity contribution in [2.75, 3.05) is 19.7 Å². The van der Waals surface area contributed by atoms with Crippen LogP contribution in [0, 0.1) is 0 Å². The highest BCUT2D eigenvalue weighted by Crippen LogP contribution is 2.55. The first kappa shape index (κ1) is 35.3. The second-order valence-corrected chi connectivity index (χ2v) is 16.1. The maximum atomic E-state index is 13.9. The Hall–Kier alpha value is -3.03. The second kappa shape index (κ2) is 13.5. The lowest BCUT2D eigenvalue weighted by molar-refractivity contribution is -0.0237. The molecule has 4 heterocycles. The number of rotatable bonds is 8. The van der Waals surface area contributed by atoms with E-state index >= 15 is 0 Å². The van der Waals surface area contributed by atoms with E-state index in [2.05, 4.69) is 31.3 Å². The number of pyridine rings is 1. The van der Waals surface area contributed by atoms with Crippen LogP contribution in [0.25, 0.3) is 10.9 Å². The first-order valence-corrected chi connectivity index (χ1v) is 17.9. The predicted octanol–water partition coefficient (Wildman–Crippen LogP) is 7.15. The van der Waals surface area contributed by atoms with Gasteiger partial charge in [-0.1, -0.05) is 12.1 Å². The van der Waals surface area contributed by atoms with E-state index in [0.29, 0.717) is 65.8 Å². The van der Waals surface area contributed by atoms with Gasteiger partial charge < -0.3 is 19.7 Å². The Balaban J connectivity index is 1.36. The minimum Gasteiger partial charge on any atom is -0.485 e. The lowest BCUT2D eigenvalue weighted by Gasteiger charge is -2.46. The molecule has 0 unspecified atom stereocenters. The van der Waals surface area contributed by atoms with Crippen LogP contribution in [0.2, 0.25) is 0 Å². The van der Waals surface area contributed by atoms with Gasteiger partial charge in [0, 0.05) is 49.5 Å². The van der Waals surface area contributed by atoms with Crippen LogP contribution in [0.4, 0.5) is 4.79 Å². The molecular formula is C32H43BrN5O8P. The summed E-state index contributed by atoms with van der Waals surface area (Å²) in [5.74, 6) is 0.276. The van der Waals surface area contributed by atoms with E-state index in [1.165, 1.54) is 4.68 Å². The Morgan fingerprint density at radius 3 is 2.45 bits per heavy atom. The SMILES string of the molecule is CCOC(=O)N1CCC2(CC1)C[C@H](NC(=O)c1cccc3cn(COP(=O)(OC(C)(C)C)OC(C)(C)C)nc13)c1cc(Br)ncc1O2. The first-order chi connectivity index (χ1) is 22.0. The van der Waals surface area contributed by atoms with Gasteiger partial charge in [-0.05, 0) is 76.5 Å². The van der Waals surface area contributed by atoms with Gasteiger partial charge in [-0.25, -0.2) is 19.0 Å². The van der Waals surface area contributed by atoms with Crippen LogP contribution < -0.4 is 10.1 Å². The average molecular weight is 737 g/mol. The number of carbonyl (C=O) groups is 2. The van der Waals surface area contributed by atoms with Gasteiger partial charge in [0.2, 0.25) is 0 Å². The number of fused-ring (bicyclic) bond motifs is 2. The number of benzene rings is 1. The number of nitrogens with one attached hydrogen (secondary N) is 1. The fourth-order valence-corrected chi connectivity index (χ4v) is 7.84. The number of halogens is 1. The van der Waals surface area contributed by atoms with Gasteiger partial charge in [-0.2, -0.15) is 5.10 Å². The van der Waals surface area contributed by atoms with E-state index in [4.69, 9.17) is 23.0 Å². The Kier molecular flexibility index (Phi) is 10.1. The van der Waals surface area contributed by atoms with E-state index in [0.717, 1.165) is 5.56 Å². The summed E-state index contributed by atoms with van der Waals surface area (Å²) in [5, 5.41) is 8.53.